The van der Waals surface area contributed by atoms with Crippen LogP contribution in [0.1, 0.15) is 58.9 Å². The lowest BCUT2D eigenvalue weighted by molar-refractivity contribution is 0.424. The van der Waals surface area contributed by atoms with E-state index in [0.29, 0.717) is 6.04 Å². The maximum Gasteiger partial charge on any atom is 0.0471 e. The van der Waals surface area contributed by atoms with Gasteiger partial charge in [-0.05, 0) is 64.2 Å². The molecule has 1 aromatic rings. The Hall–Kier alpha value is -0.730. The molecule has 1 N–H and O–H groups in total. The van der Waals surface area contributed by atoms with Crippen molar-refractivity contribution in [1.29, 1.82) is 0 Å². The maximum atomic E-state index is 6.50. The molecule has 1 fully saturated rings. The molecule has 0 amide bonds. The minimum atomic E-state index is 0.113. The van der Waals surface area contributed by atoms with E-state index in [0.717, 1.165) is 18.1 Å². The third-order valence-corrected chi connectivity index (χ3v) is 4.63. The van der Waals surface area contributed by atoms with E-state index in [4.69, 9.17) is 11.6 Å². The van der Waals surface area contributed by atoms with Crippen LogP contribution < -0.4 is 10.2 Å². The summed E-state index contributed by atoms with van der Waals surface area (Å²) in [5, 5.41) is 4.38. The fraction of sp³-hybridized carbons (Fsp3) is 0.667. The van der Waals surface area contributed by atoms with Crippen molar-refractivity contribution in [3.63, 3.8) is 0 Å². The predicted molar refractivity (Wildman–Crippen MR) is 93.3 cm³/mol. The van der Waals surface area contributed by atoms with Crippen molar-refractivity contribution in [2.24, 2.45) is 0 Å². The van der Waals surface area contributed by atoms with Gasteiger partial charge >= 0.3 is 0 Å². The second kappa shape index (κ2) is 7.02. The molecular weight excluding hydrogens is 280 g/mol. The van der Waals surface area contributed by atoms with Crippen molar-refractivity contribution in [2.45, 2.75) is 71.5 Å². The number of nitrogens with zero attached hydrogens (tertiary/aromatic N) is 1. The first-order valence-corrected chi connectivity index (χ1v) is 8.58. The molecule has 0 aromatic heterocycles. The van der Waals surface area contributed by atoms with Crippen LogP contribution in [-0.2, 0) is 6.54 Å². The van der Waals surface area contributed by atoms with E-state index in [9.17, 15) is 0 Å². The third-order valence-electron chi connectivity index (χ3n) is 4.28. The van der Waals surface area contributed by atoms with E-state index in [1.807, 2.05) is 0 Å². The normalized spacial score (nSPS) is 19.9. The molecular formula is C18H29ClN2. The second-order valence-electron chi connectivity index (χ2n) is 7.13. The van der Waals surface area contributed by atoms with E-state index in [2.05, 4.69) is 56.1 Å². The average molecular weight is 309 g/mol. The molecule has 1 aliphatic heterocycles. The van der Waals surface area contributed by atoms with Crippen LogP contribution in [0.25, 0.3) is 0 Å². The number of anilines is 1. The number of hydrogen-bond acceptors (Lipinski definition) is 2. The van der Waals surface area contributed by atoms with Gasteiger partial charge in [0, 0.05) is 35.4 Å². The number of piperidine rings is 1. The summed E-state index contributed by atoms with van der Waals surface area (Å²) in [6.07, 6.45) is 5.17. The summed E-state index contributed by atoms with van der Waals surface area (Å²) in [5.74, 6) is 0. The van der Waals surface area contributed by atoms with Crippen LogP contribution in [0.15, 0.2) is 18.2 Å². The molecule has 1 aliphatic rings. The summed E-state index contributed by atoms with van der Waals surface area (Å²) in [6.45, 7) is 10.8. The van der Waals surface area contributed by atoms with Crippen molar-refractivity contribution in [3.8, 4) is 0 Å². The van der Waals surface area contributed by atoms with E-state index < -0.39 is 0 Å². The quantitative estimate of drug-likeness (QED) is 0.842. The lowest BCUT2D eigenvalue weighted by atomic mass is 9.99. The van der Waals surface area contributed by atoms with Crippen LogP contribution in [0.3, 0.4) is 0 Å². The molecule has 0 saturated carbocycles. The Bertz CT molecular complexity index is 465. The van der Waals surface area contributed by atoms with Crippen molar-refractivity contribution in [2.75, 3.05) is 11.4 Å². The van der Waals surface area contributed by atoms with Gasteiger partial charge in [-0.15, -0.1) is 0 Å². The van der Waals surface area contributed by atoms with Gasteiger partial charge < -0.3 is 10.2 Å². The molecule has 1 saturated heterocycles. The highest BCUT2D eigenvalue weighted by Crippen LogP contribution is 2.30. The van der Waals surface area contributed by atoms with Crippen molar-refractivity contribution >= 4 is 17.3 Å². The van der Waals surface area contributed by atoms with Crippen molar-refractivity contribution < 1.29 is 0 Å². The van der Waals surface area contributed by atoms with Gasteiger partial charge in [0.05, 0.1) is 0 Å². The highest BCUT2D eigenvalue weighted by Gasteiger charge is 2.21. The van der Waals surface area contributed by atoms with Gasteiger partial charge in [-0.25, -0.2) is 0 Å². The Morgan fingerprint density at radius 1 is 1.29 bits per heavy atom. The molecule has 2 rings (SSSR count). The highest BCUT2D eigenvalue weighted by molar-refractivity contribution is 6.31. The van der Waals surface area contributed by atoms with Crippen LogP contribution in [0, 0.1) is 0 Å². The zero-order valence-electron chi connectivity index (χ0n) is 13.9. The summed E-state index contributed by atoms with van der Waals surface area (Å²) in [4.78, 5) is 2.54. The first kappa shape index (κ1) is 16.6. The number of benzene rings is 1. The summed E-state index contributed by atoms with van der Waals surface area (Å²) >= 11 is 6.50. The van der Waals surface area contributed by atoms with Gasteiger partial charge in [0.2, 0.25) is 0 Å². The fourth-order valence-electron chi connectivity index (χ4n) is 2.98. The minimum Gasteiger partial charge on any atom is -0.369 e. The highest BCUT2D eigenvalue weighted by atomic mass is 35.5. The van der Waals surface area contributed by atoms with Gasteiger partial charge in [0.1, 0.15) is 0 Å². The van der Waals surface area contributed by atoms with Gasteiger partial charge in [-0.3, -0.25) is 0 Å². The molecule has 2 nitrogen and oxygen atoms in total. The van der Waals surface area contributed by atoms with Gasteiger partial charge in [0.25, 0.3) is 0 Å². The van der Waals surface area contributed by atoms with E-state index in [-0.39, 0.29) is 5.54 Å². The Labute approximate surface area is 134 Å². The zero-order valence-corrected chi connectivity index (χ0v) is 14.6. The van der Waals surface area contributed by atoms with E-state index in [1.165, 1.54) is 36.9 Å². The molecule has 0 radical (unpaired) electrons. The first-order valence-electron chi connectivity index (χ1n) is 8.21. The lowest BCUT2D eigenvalue weighted by Gasteiger charge is -2.37. The van der Waals surface area contributed by atoms with Gasteiger partial charge in [-0.1, -0.05) is 24.6 Å². The molecule has 1 atom stereocenters. The first-order chi connectivity index (χ1) is 9.90. The molecule has 21 heavy (non-hydrogen) atoms. The molecule has 3 heteroatoms. The molecule has 1 heterocycles. The van der Waals surface area contributed by atoms with Gasteiger partial charge in [-0.2, -0.15) is 0 Å². The molecule has 0 aliphatic carbocycles. The van der Waals surface area contributed by atoms with Crippen molar-refractivity contribution in [3.05, 3.63) is 28.8 Å². The van der Waals surface area contributed by atoms with E-state index >= 15 is 0 Å². The van der Waals surface area contributed by atoms with Crippen LogP contribution in [0.4, 0.5) is 5.69 Å². The van der Waals surface area contributed by atoms with E-state index in [1.54, 1.807) is 0 Å². The van der Waals surface area contributed by atoms with Crippen LogP contribution in [0.2, 0.25) is 5.02 Å². The van der Waals surface area contributed by atoms with Crippen LogP contribution >= 0.6 is 11.6 Å². The second-order valence-corrected chi connectivity index (χ2v) is 7.54. The van der Waals surface area contributed by atoms with Crippen LogP contribution in [-0.4, -0.2) is 18.1 Å². The monoisotopic (exact) mass is 308 g/mol. The van der Waals surface area contributed by atoms with Crippen LogP contribution in [0.5, 0.6) is 0 Å². The molecule has 1 unspecified atom stereocenters. The topological polar surface area (TPSA) is 15.3 Å². The lowest BCUT2D eigenvalue weighted by Crippen LogP contribution is -2.39. The SMILES string of the molecule is CCC1CCCCN1c1ccc(CNC(C)(C)C)c(Cl)c1. The summed E-state index contributed by atoms with van der Waals surface area (Å²) in [7, 11) is 0. The number of rotatable bonds is 4. The fourth-order valence-corrected chi connectivity index (χ4v) is 3.23. The molecule has 1 aromatic carbocycles. The largest absolute Gasteiger partial charge is 0.369 e. The summed E-state index contributed by atoms with van der Waals surface area (Å²) in [6, 6.07) is 7.24. The summed E-state index contributed by atoms with van der Waals surface area (Å²) < 4.78 is 0. The van der Waals surface area contributed by atoms with Crippen molar-refractivity contribution in [1.82, 2.24) is 5.32 Å². The Morgan fingerprint density at radius 2 is 2.05 bits per heavy atom. The number of hydrogen-bond donors (Lipinski definition) is 1. The predicted octanol–water partition coefficient (Wildman–Crippen LogP) is 5.00. The number of nitrogens with one attached hydrogen (secondary N) is 1. The minimum absolute atomic E-state index is 0.113. The third kappa shape index (κ3) is 4.62. The summed E-state index contributed by atoms with van der Waals surface area (Å²) in [5.41, 5.74) is 2.58. The maximum absolute atomic E-state index is 6.50. The number of halogens is 1. The Morgan fingerprint density at radius 3 is 2.67 bits per heavy atom. The van der Waals surface area contributed by atoms with Gasteiger partial charge in [0.15, 0.2) is 0 Å². The zero-order chi connectivity index (χ0) is 15.5. The molecule has 0 bridgehead atoms. The standard InChI is InChI=1S/C18H29ClN2/c1-5-15-8-6-7-11-21(15)16-10-9-14(17(19)12-16)13-20-18(2,3)4/h9-10,12,15,20H,5-8,11,13H2,1-4H3. The average Bonchev–Trinajstić information content (AvgIpc) is 2.45. The Kier molecular flexibility index (Phi) is 5.56. The molecule has 0 spiro atoms. The molecule has 118 valence electrons. The Balaban J connectivity index is 2.10. The smallest absolute Gasteiger partial charge is 0.0471 e.